The van der Waals surface area contributed by atoms with Crippen LogP contribution in [0.1, 0.15) is 12.0 Å². The van der Waals surface area contributed by atoms with Crippen molar-refractivity contribution in [3.8, 4) is 0 Å². The molecule has 0 saturated carbocycles. The molecule has 1 aliphatic rings. The van der Waals surface area contributed by atoms with Crippen molar-refractivity contribution in [2.24, 2.45) is 5.92 Å². The number of carboxylic acid groups (broad SMARTS) is 1. The summed E-state index contributed by atoms with van der Waals surface area (Å²) in [4.78, 5) is 24.0. The zero-order valence-corrected chi connectivity index (χ0v) is 9.31. The van der Waals surface area contributed by atoms with Crippen LogP contribution in [0.25, 0.3) is 0 Å². The fourth-order valence-electron chi connectivity index (χ4n) is 2.04. The van der Waals surface area contributed by atoms with Crippen LogP contribution >= 0.6 is 0 Å². The molecule has 1 aromatic rings. The summed E-state index contributed by atoms with van der Waals surface area (Å²) in [6, 6.07) is 4.45. The standard InChI is InChI=1S/C12H12FNO3/c1-7-9(13)3-2-4-10(7)14-6-5-8(11(14)15)12(16)17/h2-4,8H,5-6H2,1H3,(H,16,17). The van der Waals surface area contributed by atoms with Gasteiger partial charge in [-0.1, -0.05) is 6.07 Å². The average molecular weight is 237 g/mol. The second-order valence-electron chi connectivity index (χ2n) is 4.05. The maximum atomic E-state index is 13.4. The largest absolute Gasteiger partial charge is 0.481 e. The first-order chi connectivity index (χ1) is 8.02. The number of aliphatic carboxylic acids is 1. The molecule has 0 bridgehead atoms. The number of amides is 1. The van der Waals surface area contributed by atoms with Crippen molar-refractivity contribution in [3.05, 3.63) is 29.6 Å². The van der Waals surface area contributed by atoms with Gasteiger partial charge in [-0.3, -0.25) is 9.59 Å². The van der Waals surface area contributed by atoms with Gasteiger partial charge in [-0.2, -0.15) is 0 Å². The molecule has 1 saturated heterocycles. The highest BCUT2D eigenvalue weighted by molar-refractivity contribution is 6.08. The van der Waals surface area contributed by atoms with Crippen molar-refractivity contribution in [3.63, 3.8) is 0 Å². The van der Waals surface area contributed by atoms with E-state index in [1.807, 2.05) is 0 Å². The Kier molecular flexibility index (Phi) is 2.83. The van der Waals surface area contributed by atoms with Crippen molar-refractivity contribution in [2.75, 3.05) is 11.4 Å². The highest BCUT2D eigenvalue weighted by Gasteiger charge is 2.38. The normalized spacial score (nSPS) is 19.8. The molecule has 1 fully saturated rings. The lowest BCUT2D eigenvalue weighted by atomic mass is 10.1. The fourth-order valence-corrected chi connectivity index (χ4v) is 2.04. The minimum atomic E-state index is -1.12. The van der Waals surface area contributed by atoms with Crippen LogP contribution in [0, 0.1) is 18.7 Å². The van der Waals surface area contributed by atoms with Crippen LogP contribution in [0.2, 0.25) is 0 Å². The van der Waals surface area contributed by atoms with Crippen LogP contribution in [0.3, 0.4) is 0 Å². The summed E-state index contributed by atoms with van der Waals surface area (Å²) in [6.07, 6.45) is 0.268. The van der Waals surface area contributed by atoms with Crippen molar-refractivity contribution < 1.29 is 19.1 Å². The van der Waals surface area contributed by atoms with Crippen LogP contribution in [0.4, 0.5) is 10.1 Å². The van der Waals surface area contributed by atoms with Crippen LogP contribution < -0.4 is 4.90 Å². The first kappa shape index (κ1) is 11.6. The highest BCUT2D eigenvalue weighted by Crippen LogP contribution is 2.29. The Morgan fingerprint density at radius 3 is 2.82 bits per heavy atom. The number of carboxylic acids is 1. The molecule has 0 spiro atoms. The molecule has 1 aliphatic heterocycles. The lowest BCUT2D eigenvalue weighted by Gasteiger charge is -2.18. The minimum Gasteiger partial charge on any atom is -0.481 e. The lowest BCUT2D eigenvalue weighted by Crippen LogP contribution is -2.30. The van der Waals surface area contributed by atoms with E-state index in [0.717, 1.165) is 0 Å². The summed E-state index contributed by atoms with van der Waals surface area (Å²) in [6.45, 7) is 1.89. The number of hydrogen-bond acceptors (Lipinski definition) is 2. The Hall–Kier alpha value is -1.91. The lowest BCUT2D eigenvalue weighted by molar-refractivity contribution is -0.144. The van der Waals surface area contributed by atoms with E-state index in [1.54, 1.807) is 13.0 Å². The molecule has 0 aromatic heterocycles. The molecule has 2 rings (SSSR count). The molecule has 1 amide bonds. The Labute approximate surface area is 97.7 Å². The predicted molar refractivity (Wildman–Crippen MR) is 59.2 cm³/mol. The fraction of sp³-hybridized carbons (Fsp3) is 0.333. The minimum absolute atomic E-state index is 0.268. The quantitative estimate of drug-likeness (QED) is 0.794. The first-order valence-electron chi connectivity index (χ1n) is 5.31. The van der Waals surface area contributed by atoms with Crippen LogP contribution in [-0.2, 0) is 9.59 Å². The van der Waals surface area contributed by atoms with E-state index >= 15 is 0 Å². The van der Waals surface area contributed by atoms with E-state index in [9.17, 15) is 14.0 Å². The van der Waals surface area contributed by atoms with Gasteiger partial charge in [0.1, 0.15) is 11.7 Å². The molecule has 1 aromatic carbocycles. The van der Waals surface area contributed by atoms with E-state index < -0.39 is 23.6 Å². The molecule has 5 heteroatoms. The SMILES string of the molecule is Cc1c(F)cccc1N1CCC(C(=O)O)C1=O. The van der Waals surface area contributed by atoms with E-state index in [0.29, 0.717) is 17.8 Å². The number of carbonyl (C=O) groups is 2. The van der Waals surface area contributed by atoms with Crippen LogP contribution in [0.15, 0.2) is 18.2 Å². The van der Waals surface area contributed by atoms with Crippen molar-refractivity contribution in [1.29, 1.82) is 0 Å². The summed E-state index contributed by atoms with van der Waals surface area (Å²) in [5, 5.41) is 8.85. The predicted octanol–water partition coefficient (Wildman–Crippen LogP) is 1.57. The summed E-state index contributed by atoms with van der Waals surface area (Å²) in [5.74, 6) is -2.98. The smallest absolute Gasteiger partial charge is 0.316 e. The number of halogens is 1. The third kappa shape index (κ3) is 1.88. The number of carbonyl (C=O) groups excluding carboxylic acids is 1. The van der Waals surface area contributed by atoms with Gasteiger partial charge >= 0.3 is 5.97 Å². The number of rotatable bonds is 2. The molecular weight excluding hydrogens is 225 g/mol. The second kappa shape index (κ2) is 4.16. The molecule has 0 radical (unpaired) electrons. The number of nitrogens with zero attached hydrogens (tertiary/aromatic N) is 1. The molecule has 1 unspecified atom stereocenters. The highest BCUT2D eigenvalue weighted by atomic mass is 19.1. The topological polar surface area (TPSA) is 57.6 Å². The van der Waals surface area contributed by atoms with Crippen molar-refractivity contribution >= 4 is 17.6 Å². The Bertz CT molecular complexity index is 487. The zero-order valence-electron chi connectivity index (χ0n) is 9.31. The van der Waals surface area contributed by atoms with Gasteiger partial charge in [0.05, 0.1) is 0 Å². The summed E-state index contributed by atoms with van der Waals surface area (Å²) in [5.41, 5.74) is 0.825. The van der Waals surface area contributed by atoms with Gasteiger partial charge in [-0.05, 0) is 25.5 Å². The average Bonchev–Trinajstić information content (AvgIpc) is 2.64. The van der Waals surface area contributed by atoms with Gasteiger partial charge < -0.3 is 10.0 Å². The third-order valence-corrected chi connectivity index (χ3v) is 3.03. The Balaban J connectivity index is 2.34. The summed E-state index contributed by atoms with van der Waals surface area (Å²) < 4.78 is 13.4. The van der Waals surface area contributed by atoms with Gasteiger partial charge in [-0.15, -0.1) is 0 Å². The molecule has 1 N–H and O–H groups in total. The van der Waals surface area contributed by atoms with Gasteiger partial charge in [-0.25, -0.2) is 4.39 Å². The number of hydrogen-bond donors (Lipinski definition) is 1. The van der Waals surface area contributed by atoms with Gasteiger partial charge in [0.15, 0.2) is 0 Å². The van der Waals surface area contributed by atoms with Gasteiger partial charge in [0.25, 0.3) is 0 Å². The molecule has 4 nitrogen and oxygen atoms in total. The second-order valence-corrected chi connectivity index (χ2v) is 4.05. The van der Waals surface area contributed by atoms with Crippen LogP contribution in [0.5, 0.6) is 0 Å². The van der Waals surface area contributed by atoms with E-state index in [4.69, 9.17) is 5.11 Å². The van der Waals surface area contributed by atoms with Gasteiger partial charge in [0, 0.05) is 17.8 Å². The molecule has 17 heavy (non-hydrogen) atoms. The maximum absolute atomic E-state index is 13.4. The monoisotopic (exact) mass is 237 g/mol. The molecule has 90 valence electrons. The molecule has 1 heterocycles. The third-order valence-electron chi connectivity index (χ3n) is 3.03. The number of benzene rings is 1. The Morgan fingerprint density at radius 1 is 1.53 bits per heavy atom. The Morgan fingerprint density at radius 2 is 2.24 bits per heavy atom. The van der Waals surface area contributed by atoms with E-state index in [1.165, 1.54) is 17.0 Å². The van der Waals surface area contributed by atoms with Crippen LogP contribution in [-0.4, -0.2) is 23.5 Å². The molecule has 1 atom stereocenters. The molecular formula is C12H12FNO3. The maximum Gasteiger partial charge on any atom is 0.316 e. The van der Waals surface area contributed by atoms with Gasteiger partial charge in [0.2, 0.25) is 5.91 Å². The summed E-state index contributed by atoms with van der Waals surface area (Å²) >= 11 is 0. The van der Waals surface area contributed by atoms with Crippen molar-refractivity contribution in [2.45, 2.75) is 13.3 Å². The number of anilines is 1. The van der Waals surface area contributed by atoms with Crippen molar-refractivity contribution in [1.82, 2.24) is 0 Å². The van der Waals surface area contributed by atoms with E-state index in [-0.39, 0.29) is 6.42 Å². The zero-order chi connectivity index (χ0) is 12.6. The van der Waals surface area contributed by atoms with E-state index in [2.05, 4.69) is 0 Å². The summed E-state index contributed by atoms with van der Waals surface area (Å²) in [7, 11) is 0. The molecule has 0 aliphatic carbocycles. The first-order valence-corrected chi connectivity index (χ1v) is 5.31.